The van der Waals surface area contributed by atoms with Crippen molar-refractivity contribution in [1.29, 1.82) is 0 Å². The van der Waals surface area contributed by atoms with Gasteiger partial charge in [0.2, 0.25) is 0 Å². The molecule has 0 aliphatic heterocycles. The van der Waals surface area contributed by atoms with Crippen LogP contribution in [0.15, 0.2) is 18.2 Å². The topological polar surface area (TPSA) is 75.6 Å². The predicted octanol–water partition coefficient (Wildman–Crippen LogP) is 0.537. The highest BCUT2D eigenvalue weighted by atomic mass is 32.2. The van der Waals surface area contributed by atoms with E-state index in [0.717, 1.165) is 0 Å². The number of rotatable bonds is 6. The van der Waals surface area contributed by atoms with Gasteiger partial charge in [0.25, 0.3) is 5.91 Å². The van der Waals surface area contributed by atoms with Crippen LogP contribution in [0.25, 0.3) is 0 Å². The first-order valence-corrected chi connectivity index (χ1v) is 8.17. The molecule has 0 fully saturated rings. The summed E-state index contributed by atoms with van der Waals surface area (Å²) in [5, 5.41) is 11.5. The zero-order valence-electron chi connectivity index (χ0n) is 12.1. The van der Waals surface area contributed by atoms with Crippen molar-refractivity contribution in [1.82, 2.24) is 5.32 Å². The van der Waals surface area contributed by atoms with Gasteiger partial charge in [0.05, 0.1) is 12.7 Å². The Hall–Kier alpha value is -1.84. The molecule has 1 atom stereocenters. The van der Waals surface area contributed by atoms with Gasteiger partial charge in [-0.1, -0.05) is 11.8 Å². The van der Waals surface area contributed by atoms with Crippen LogP contribution in [0.3, 0.4) is 0 Å². The lowest BCUT2D eigenvalue weighted by Crippen LogP contribution is -2.25. The molecule has 0 spiro atoms. The van der Waals surface area contributed by atoms with Gasteiger partial charge in [-0.3, -0.25) is 9.00 Å². The van der Waals surface area contributed by atoms with Crippen molar-refractivity contribution in [2.24, 2.45) is 0 Å². The second-order valence-electron chi connectivity index (χ2n) is 4.26. The Bertz CT molecular complexity index is 575. The van der Waals surface area contributed by atoms with Crippen molar-refractivity contribution in [3.8, 4) is 17.6 Å². The second kappa shape index (κ2) is 9.16. The summed E-state index contributed by atoms with van der Waals surface area (Å²) in [5.41, 5.74) is 1.02. The minimum atomic E-state index is -0.846. The summed E-state index contributed by atoms with van der Waals surface area (Å²) < 4.78 is 16.1. The number of benzene rings is 1. The van der Waals surface area contributed by atoms with Crippen LogP contribution >= 0.6 is 0 Å². The fourth-order valence-electron chi connectivity index (χ4n) is 1.66. The molecule has 0 saturated carbocycles. The molecule has 0 aliphatic carbocycles. The molecule has 0 radical (unpaired) electrons. The van der Waals surface area contributed by atoms with E-state index in [4.69, 9.17) is 9.84 Å². The normalized spacial score (nSPS) is 11.2. The molecule has 114 valence electrons. The number of carbonyl (C=O) groups excluding carboxylic acids is 1. The number of carbonyl (C=O) groups is 1. The number of ether oxygens (including phenoxy) is 1. The summed E-state index contributed by atoms with van der Waals surface area (Å²) in [6.07, 6.45) is 2.31. The molecule has 2 N–H and O–H groups in total. The number of aliphatic hydroxyl groups is 1. The molecule has 6 heteroatoms. The van der Waals surface area contributed by atoms with E-state index in [1.54, 1.807) is 24.5 Å². The first-order valence-electron chi connectivity index (χ1n) is 6.44. The summed E-state index contributed by atoms with van der Waals surface area (Å²) >= 11 is 0. The molecule has 1 aromatic carbocycles. The molecule has 0 aliphatic rings. The number of hydrogen-bond acceptors (Lipinski definition) is 4. The maximum Gasteiger partial charge on any atom is 0.251 e. The average Bonchev–Trinajstić information content (AvgIpc) is 2.48. The molecule has 21 heavy (non-hydrogen) atoms. The van der Waals surface area contributed by atoms with Gasteiger partial charge in [0.1, 0.15) is 12.4 Å². The molecule has 0 heterocycles. The molecule has 1 aromatic rings. The molecule has 1 unspecified atom stereocenters. The molecular weight excluding hydrogens is 290 g/mol. The molecule has 0 bridgehead atoms. The molecule has 0 aromatic heterocycles. The van der Waals surface area contributed by atoms with Gasteiger partial charge >= 0.3 is 0 Å². The van der Waals surface area contributed by atoms with Gasteiger partial charge in [-0.05, 0) is 24.6 Å². The SMILES string of the molecule is COc1ccc(C(=O)NCCCS(C)=O)cc1C#CCO. The lowest BCUT2D eigenvalue weighted by atomic mass is 10.1. The van der Waals surface area contributed by atoms with Crippen molar-refractivity contribution >= 4 is 16.7 Å². The van der Waals surface area contributed by atoms with Gasteiger partial charge in [0, 0.05) is 34.9 Å². The van der Waals surface area contributed by atoms with Crippen molar-refractivity contribution in [3.05, 3.63) is 29.3 Å². The van der Waals surface area contributed by atoms with E-state index in [0.29, 0.717) is 35.6 Å². The lowest BCUT2D eigenvalue weighted by Gasteiger charge is -2.07. The van der Waals surface area contributed by atoms with Gasteiger partial charge in [0.15, 0.2) is 0 Å². The smallest absolute Gasteiger partial charge is 0.251 e. The number of hydrogen-bond donors (Lipinski definition) is 2. The zero-order valence-corrected chi connectivity index (χ0v) is 13.0. The van der Waals surface area contributed by atoms with Crippen molar-refractivity contribution < 1.29 is 18.8 Å². The predicted molar refractivity (Wildman–Crippen MR) is 82.8 cm³/mol. The van der Waals surface area contributed by atoms with Crippen LogP contribution in [0.2, 0.25) is 0 Å². The van der Waals surface area contributed by atoms with Gasteiger partial charge in [-0.15, -0.1) is 0 Å². The maximum atomic E-state index is 12.0. The Morgan fingerprint density at radius 1 is 1.48 bits per heavy atom. The highest BCUT2D eigenvalue weighted by Gasteiger charge is 2.08. The van der Waals surface area contributed by atoms with E-state index in [-0.39, 0.29) is 12.5 Å². The van der Waals surface area contributed by atoms with Gasteiger partial charge in [-0.2, -0.15) is 0 Å². The average molecular weight is 309 g/mol. The van der Waals surface area contributed by atoms with Crippen LogP contribution < -0.4 is 10.1 Å². The third-order valence-electron chi connectivity index (χ3n) is 2.66. The lowest BCUT2D eigenvalue weighted by molar-refractivity contribution is 0.0953. The van der Waals surface area contributed by atoms with Crippen LogP contribution in [0, 0.1) is 11.8 Å². The Kier molecular flexibility index (Phi) is 7.51. The Labute approximate surface area is 127 Å². The highest BCUT2D eigenvalue weighted by Crippen LogP contribution is 2.18. The third-order valence-corrected chi connectivity index (χ3v) is 3.52. The number of amides is 1. The van der Waals surface area contributed by atoms with Crippen molar-refractivity contribution in [3.63, 3.8) is 0 Å². The maximum absolute atomic E-state index is 12.0. The second-order valence-corrected chi connectivity index (χ2v) is 5.82. The quantitative estimate of drug-likeness (QED) is 0.594. The molecule has 5 nitrogen and oxygen atoms in total. The minimum absolute atomic E-state index is 0.216. The zero-order chi connectivity index (χ0) is 15.7. The standard InChI is InChI=1S/C15H19NO4S/c1-20-14-7-6-13(11-12(14)5-3-9-17)15(18)16-8-4-10-21(2)19/h6-7,11,17H,4,8-10H2,1-2H3,(H,16,18). The summed E-state index contributed by atoms with van der Waals surface area (Å²) in [6, 6.07) is 4.93. The van der Waals surface area contributed by atoms with E-state index in [9.17, 15) is 9.00 Å². The van der Waals surface area contributed by atoms with E-state index in [2.05, 4.69) is 17.2 Å². The fourth-order valence-corrected chi connectivity index (χ4v) is 2.21. The van der Waals surface area contributed by atoms with E-state index in [1.165, 1.54) is 7.11 Å². The first kappa shape index (κ1) is 17.2. The third kappa shape index (κ3) is 5.98. The van der Waals surface area contributed by atoms with E-state index < -0.39 is 10.8 Å². The summed E-state index contributed by atoms with van der Waals surface area (Å²) in [5.74, 6) is 6.18. The fraction of sp³-hybridized carbons (Fsp3) is 0.400. The summed E-state index contributed by atoms with van der Waals surface area (Å²) in [7, 11) is 0.672. The van der Waals surface area contributed by atoms with E-state index >= 15 is 0 Å². The van der Waals surface area contributed by atoms with Crippen molar-refractivity contribution in [2.75, 3.05) is 32.3 Å². The van der Waals surface area contributed by atoms with Crippen LogP contribution in [0.1, 0.15) is 22.3 Å². The molecular formula is C15H19NO4S. The van der Waals surface area contributed by atoms with E-state index in [1.807, 2.05) is 0 Å². The monoisotopic (exact) mass is 309 g/mol. The molecule has 1 amide bonds. The van der Waals surface area contributed by atoms with Crippen molar-refractivity contribution in [2.45, 2.75) is 6.42 Å². The van der Waals surface area contributed by atoms with Crippen LogP contribution in [0.4, 0.5) is 0 Å². The van der Waals surface area contributed by atoms with Crippen LogP contribution in [-0.2, 0) is 10.8 Å². The van der Waals surface area contributed by atoms with Crippen LogP contribution in [0.5, 0.6) is 5.75 Å². The summed E-state index contributed by atoms with van der Waals surface area (Å²) in [4.78, 5) is 12.0. The van der Waals surface area contributed by atoms with Gasteiger partial charge in [-0.25, -0.2) is 0 Å². The Morgan fingerprint density at radius 3 is 2.86 bits per heavy atom. The number of nitrogens with one attached hydrogen (secondary N) is 1. The highest BCUT2D eigenvalue weighted by molar-refractivity contribution is 7.84. The summed E-state index contributed by atoms with van der Waals surface area (Å²) in [6.45, 7) is 0.218. The van der Waals surface area contributed by atoms with Crippen LogP contribution in [-0.4, -0.2) is 47.5 Å². The minimum Gasteiger partial charge on any atom is -0.495 e. The largest absolute Gasteiger partial charge is 0.495 e. The molecule has 0 saturated heterocycles. The Morgan fingerprint density at radius 2 is 2.24 bits per heavy atom. The first-order chi connectivity index (χ1) is 10.1. The van der Waals surface area contributed by atoms with Gasteiger partial charge < -0.3 is 15.2 Å². The number of methoxy groups -OCH3 is 1. The number of aliphatic hydroxyl groups excluding tert-OH is 1. The molecule has 1 rings (SSSR count). The Balaban J connectivity index is 2.74.